The number of fused-ring (bicyclic) bond motifs is 2. The molecule has 2 heterocycles. The lowest BCUT2D eigenvalue weighted by molar-refractivity contribution is -0.108. The number of hydrogen-bond donors (Lipinski definition) is 2. The van der Waals surface area contributed by atoms with Gasteiger partial charge in [0.2, 0.25) is 0 Å². The molecule has 1 aromatic heterocycles. The van der Waals surface area contributed by atoms with Gasteiger partial charge in [-0.1, -0.05) is 30.3 Å². The van der Waals surface area contributed by atoms with E-state index >= 15 is 0 Å². The van der Waals surface area contributed by atoms with Crippen LogP contribution in [0.3, 0.4) is 0 Å². The highest BCUT2D eigenvalue weighted by Crippen LogP contribution is 2.39. The van der Waals surface area contributed by atoms with Crippen LogP contribution in [-0.4, -0.2) is 22.9 Å². The number of carbonyl (C=O) groups is 1. The number of hydrogen-bond acceptors (Lipinski definition) is 3. The van der Waals surface area contributed by atoms with E-state index < -0.39 is 0 Å². The molecule has 0 saturated heterocycles. The second-order valence-corrected chi connectivity index (χ2v) is 6.73. The van der Waals surface area contributed by atoms with E-state index in [4.69, 9.17) is 0 Å². The molecule has 4 rings (SSSR count). The average Bonchev–Trinajstić information content (AvgIpc) is 2.91. The number of para-hydroxylation sites is 2. The summed E-state index contributed by atoms with van der Waals surface area (Å²) in [5.74, 6) is 0. The Labute approximate surface area is 147 Å². The third-order valence-electron chi connectivity index (χ3n) is 4.97. The predicted molar refractivity (Wildman–Crippen MR) is 104 cm³/mol. The third kappa shape index (κ3) is 2.68. The first-order valence-corrected chi connectivity index (χ1v) is 8.91. The number of rotatable bonds is 3. The molecule has 0 bridgehead atoms. The average molecular weight is 333 g/mol. The van der Waals surface area contributed by atoms with Crippen molar-refractivity contribution < 1.29 is 4.79 Å². The molecule has 2 N–H and O–H groups in total. The van der Waals surface area contributed by atoms with E-state index in [2.05, 4.69) is 71.5 Å². The maximum atomic E-state index is 11.3. The van der Waals surface area contributed by atoms with Crippen molar-refractivity contribution in [2.45, 2.75) is 38.9 Å². The number of carbonyl (C=O) groups excluding carboxylic acids is 1. The molecule has 1 unspecified atom stereocenters. The van der Waals surface area contributed by atoms with E-state index in [9.17, 15) is 4.79 Å². The van der Waals surface area contributed by atoms with Gasteiger partial charge >= 0.3 is 0 Å². The second-order valence-electron chi connectivity index (χ2n) is 6.73. The third-order valence-corrected chi connectivity index (χ3v) is 4.97. The van der Waals surface area contributed by atoms with Crippen LogP contribution in [0.25, 0.3) is 22.2 Å². The van der Waals surface area contributed by atoms with Crippen LogP contribution in [0.2, 0.25) is 0 Å². The summed E-state index contributed by atoms with van der Waals surface area (Å²) in [6, 6.07) is 17.1. The Morgan fingerprint density at radius 3 is 2.80 bits per heavy atom. The Kier molecular flexibility index (Phi) is 3.96. The fourth-order valence-corrected chi connectivity index (χ4v) is 3.85. The minimum atomic E-state index is -0.156. The van der Waals surface area contributed by atoms with Crippen LogP contribution >= 0.6 is 0 Å². The standard InChI is InChI=1S/C21H23N3O/c1-3-24-19-10-5-4-7-15(19)12-20(24)17-8-6-9-18-21(17)22-14(2)11-16(13-25)23-18/h4-10,12-14,16,22-23H,3,11H2,1-2H3/t14-,16?/m1/s1. The van der Waals surface area contributed by atoms with E-state index in [0.29, 0.717) is 0 Å². The smallest absolute Gasteiger partial charge is 0.142 e. The van der Waals surface area contributed by atoms with E-state index in [0.717, 1.165) is 30.6 Å². The molecule has 0 fully saturated rings. The maximum Gasteiger partial charge on any atom is 0.142 e. The van der Waals surface area contributed by atoms with Crippen molar-refractivity contribution in [3.63, 3.8) is 0 Å². The first-order valence-electron chi connectivity index (χ1n) is 8.91. The zero-order valence-electron chi connectivity index (χ0n) is 14.6. The van der Waals surface area contributed by atoms with E-state index in [1.165, 1.54) is 22.2 Å². The Morgan fingerprint density at radius 1 is 1.16 bits per heavy atom. The zero-order chi connectivity index (χ0) is 17.4. The molecule has 1 aliphatic rings. The van der Waals surface area contributed by atoms with Crippen molar-refractivity contribution >= 4 is 28.6 Å². The molecule has 4 heteroatoms. The van der Waals surface area contributed by atoms with Crippen LogP contribution in [0.1, 0.15) is 20.3 Å². The summed E-state index contributed by atoms with van der Waals surface area (Å²) in [5.41, 5.74) is 5.69. The number of anilines is 2. The molecule has 0 saturated carbocycles. The van der Waals surface area contributed by atoms with Gasteiger partial charge in [-0.3, -0.25) is 0 Å². The number of aromatic nitrogens is 1. The monoisotopic (exact) mass is 333 g/mol. The molecule has 2 aromatic carbocycles. The normalized spacial score (nSPS) is 19.6. The molecular formula is C21H23N3O. The van der Waals surface area contributed by atoms with Gasteiger partial charge in [-0.25, -0.2) is 0 Å². The topological polar surface area (TPSA) is 46.1 Å². The maximum absolute atomic E-state index is 11.3. The molecule has 25 heavy (non-hydrogen) atoms. The largest absolute Gasteiger partial charge is 0.380 e. The number of nitrogens with zero attached hydrogens (tertiary/aromatic N) is 1. The Balaban J connectivity index is 1.92. The fourth-order valence-electron chi connectivity index (χ4n) is 3.85. The molecule has 0 radical (unpaired) electrons. The lowest BCUT2D eigenvalue weighted by Gasteiger charge is -2.18. The van der Waals surface area contributed by atoms with Gasteiger partial charge in [0.05, 0.1) is 23.1 Å². The second kappa shape index (κ2) is 6.28. The zero-order valence-corrected chi connectivity index (χ0v) is 14.6. The molecule has 128 valence electrons. The fraction of sp³-hybridized carbons (Fsp3) is 0.286. The molecule has 3 aromatic rings. The molecule has 0 amide bonds. The quantitative estimate of drug-likeness (QED) is 0.693. The Morgan fingerprint density at radius 2 is 2.00 bits per heavy atom. The molecule has 4 nitrogen and oxygen atoms in total. The van der Waals surface area contributed by atoms with Crippen molar-refractivity contribution in [1.29, 1.82) is 0 Å². The summed E-state index contributed by atoms with van der Waals surface area (Å²) in [6.45, 7) is 5.21. The minimum Gasteiger partial charge on any atom is -0.380 e. The molecular weight excluding hydrogens is 310 g/mol. The molecule has 0 spiro atoms. The van der Waals surface area contributed by atoms with Crippen molar-refractivity contribution in [2.75, 3.05) is 10.6 Å². The summed E-state index contributed by atoms with van der Waals surface area (Å²) in [4.78, 5) is 11.3. The van der Waals surface area contributed by atoms with Crippen LogP contribution in [0.4, 0.5) is 11.4 Å². The number of nitrogens with one attached hydrogen (secondary N) is 2. The Bertz CT molecular complexity index is 928. The number of aldehydes is 1. The highest BCUT2D eigenvalue weighted by Gasteiger charge is 2.23. The van der Waals surface area contributed by atoms with Gasteiger partial charge in [0.15, 0.2) is 0 Å². The lowest BCUT2D eigenvalue weighted by atomic mass is 10.1. The van der Waals surface area contributed by atoms with Crippen LogP contribution in [0, 0.1) is 0 Å². The van der Waals surface area contributed by atoms with Crippen LogP contribution < -0.4 is 10.6 Å². The summed E-state index contributed by atoms with van der Waals surface area (Å²) in [5, 5.41) is 8.24. The van der Waals surface area contributed by atoms with Gasteiger partial charge in [0, 0.05) is 29.1 Å². The van der Waals surface area contributed by atoms with Crippen LogP contribution in [0.15, 0.2) is 48.5 Å². The van der Waals surface area contributed by atoms with E-state index in [1.807, 2.05) is 6.07 Å². The van der Waals surface area contributed by atoms with Crippen LogP contribution in [0.5, 0.6) is 0 Å². The summed E-state index contributed by atoms with van der Waals surface area (Å²) < 4.78 is 2.35. The van der Waals surface area contributed by atoms with Gasteiger partial charge in [-0.15, -0.1) is 0 Å². The highest BCUT2D eigenvalue weighted by molar-refractivity contribution is 5.94. The number of aryl methyl sites for hydroxylation is 1. The van der Waals surface area contributed by atoms with Gasteiger partial charge < -0.3 is 20.0 Å². The molecule has 2 atom stereocenters. The summed E-state index contributed by atoms with van der Waals surface area (Å²) in [7, 11) is 0. The predicted octanol–water partition coefficient (Wildman–Crippen LogP) is 4.51. The van der Waals surface area contributed by atoms with E-state index in [-0.39, 0.29) is 12.1 Å². The first-order chi connectivity index (χ1) is 12.2. The van der Waals surface area contributed by atoms with E-state index in [1.54, 1.807) is 0 Å². The summed E-state index contributed by atoms with van der Waals surface area (Å²) in [6.07, 6.45) is 1.78. The van der Waals surface area contributed by atoms with Crippen LogP contribution in [-0.2, 0) is 11.3 Å². The lowest BCUT2D eigenvalue weighted by Crippen LogP contribution is -2.25. The molecule has 0 aliphatic carbocycles. The SMILES string of the molecule is CCn1c(-c2cccc3c2N[C@H](C)CC(C=O)N3)cc2ccccc21. The molecule has 1 aliphatic heterocycles. The van der Waals surface area contributed by atoms with Crippen molar-refractivity contribution in [3.05, 3.63) is 48.5 Å². The van der Waals surface area contributed by atoms with Crippen molar-refractivity contribution in [3.8, 4) is 11.3 Å². The first kappa shape index (κ1) is 15.8. The minimum absolute atomic E-state index is 0.156. The van der Waals surface area contributed by atoms with Gasteiger partial charge in [-0.2, -0.15) is 0 Å². The number of benzene rings is 2. The van der Waals surface area contributed by atoms with Crippen molar-refractivity contribution in [2.24, 2.45) is 0 Å². The highest BCUT2D eigenvalue weighted by atomic mass is 16.1. The van der Waals surface area contributed by atoms with Gasteiger partial charge in [0.25, 0.3) is 0 Å². The van der Waals surface area contributed by atoms with Gasteiger partial charge in [-0.05, 0) is 38.5 Å². The van der Waals surface area contributed by atoms with Gasteiger partial charge in [0.1, 0.15) is 6.29 Å². The van der Waals surface area contributed by atoms with Crippen molar-refractivity contribution in [1.82, 2.24) is 4.57 Å². The summed E-state index contributed by atoms with van der Waals surface area (Å²) >= 11 is 0. The Hall–Kier alpha value is -2.75.